The Balaban J connectivity index is 2.03. The van der Waals surface area contributed by atoms with E-state index in [1.807, 2.05) is 0 Å². The maximum absolute atomic E-state index is 13.8. The summed E-state index contributed by atoms with van der Waals surface area (Å²) in [5.74, 6) is -3.56. The molecule has 1 atom stereocenters. The van der Waals surface area contributed by atoms with Gasteiger partial charge < -0.3 is 0 Å². The van der Waals surface area contributed by atoms with Crippen molar-refractivity contribution in [3.05, 3.63) is 39.7 Å². The summed E-state index contributed by atoms with van der Waals surface area (Å²) >= 11 is 0. The maximum atomic E-state index is 13.8. The molecule has 7 heteroatoms. The van der Waals surface area contributed by atoms with Crippen LogP contribution in [-0.2, 0) is 12.0 Å². The highest BCUT2D eigenvalue weighted by Gasteiger charge is 2.54. The minimum absolute atomic E-state index is 0.0114. The quantitative estimate of drug-likeness (QED) is 0.752. The summed E-state index contributed by atoms with van der Waals surface area (Å²) < 4.78 is 42.7. The molecule has 0 amide bonds. The molecule has 126 valence electrons. The second-order valence-electron chi connectivity index (χ2n) is 6.86. The van der Waals surface area contributed by atoms with E-state index in [0.29, 0.717) is 18.8 Å². The average Bonchev–Trinajstić information content (AvgIpc) is 3.00. The molecule has 1 spiro atoms. The fourth-order valence-corrected chi connectivity index (χ4v) is 4.11. The fourth-order valence-electron chi connectivity index (χ4n) is 4.11. The molecular formula is C17H15F3N2O2. The number of halogens is 3. The highest BCUT2D eigenvalue weighted by atomic mass is 19.3. The molecule has 0 N–H and O–H groups in total. The van der Waals surface area contributed by atoms with Gasteiger partial charge in [-0.05, 0) is 31.9 Å². The standard InChI is InChI=1S/C17H15F3N2O2/c1-9(23)11-6-10(18)7-12-13(11)21-15-16(2-3-17(19,20)8-16)4-5-22(15)14(12)24/h6-7H,2-5,8H2,1H3. The summed E-state index contributed by atoms with van der Waals surface area (Å²) in [4.78, 5) is 28.9. The van der Waals surface area contributed by atoms with Crippen molar-refractivity contribution in [3.63, 3.8) is 0 Å². The van der Waals surface area contributed by atoms with E-state index in [4.69, 9.17) is 0 Å². The summed E-state index contributed by atoms with van der Waals surface area (Å²) in [5, 5.41) is 0.0192. The number of benzene rings is 1. The van der Waals surface area contributed by atoms with Crippen molar-refractivity contribution in [2.45, 2.75) is 50.5 Å². The predicted molar refractivity (Wildman–Crippen MR) is 81.1 cm³/mol. The second kappa shape index (κ2) is 4.68. The molecule has 1 saturated carbocycles. The van der Waals surface area contributed by atoms with Crippen molar-refractivity contribution in [2.24, 2.45) is 0 Å². The second-order valence-corrected chi connectivity index (χ2v) is 6.86. The van der Waals surface area contributed by atoms with E-state index in [2.05, 4.69) is 4.98 Å². The number of hydrogen-bond donors (Lipinski definition) is 0. The van der Waals surface area contributed by atoms with Crippen LogP contribution in [0.3, 0.4) is 0 Å². The molecule has 2 aromatic rings. The number of rotatable bonds is 1. The van der Waals surface area contributed by atoms with E-state index in [1.54, 1.807) is 0 Å². The van der Waals surface area contributed by atoms with Crippen LogP contribution in [0, 0.1) is 5.82 Å². The molecule has 4 rings (SSSR count). The molecule has 1 unspecified atom stereocenters. The zero-order chi connectivity index (χ0) is 17.3. The first-order chi connectivity index (χ1) is 11.2. The number of nitrogens with zero attached hydrogens (tertiary/aromatic N) is 2. The van der Waals surface area contributed by atoms with Gasteiger partial charge in [0, 0.05) is 30.4 Å². The minimum atomic E-state index is -2.77. The Morgan fingerprint density at radius 1 is 1.25 bits per heavy atom. The van der Waals surface area contributed by atoms with Crippen LogP contribution >= 0.6 is 0 Å². The van der Waals surface area contributed by atoms with Crippen LogP contribution in [0.2, 0.25) is 0 Å². The Kier molecular flexibility index (Phi) is 2.99. The number of carbonyl (C=O) groups excluding carboxylic acids is 1. The first-order valence-corrected chi connectivity index (χ1v) is 7.86. The van der Waals surface area contributed by atoms with E-state index >= 15 is 0 Å². The van der Waals surface area contributed by atoms with Gasteiger partial charge in [-0.3, -0.25) is 14.2 Å². The normalized spacial score (nSPS) is 24.7. The Morgan fingerprint density at radius 3 is 2.62 bits per heavy atom. The molecule has 0 radical (unpaired) electrons. The molecule has 1 aromatic heterocycles. The van der Waals surface area contributed by atoms with E-state index in [0.717, 1.165) is 12.1 Å². The molecule has 2 heterocycles. The molecule has 24 heavy (non-hydrogen) atoms. The van der Waals surface area contributed by atoms with Crippen molar-refractivity contribution in [3.8, 4) is 0 Å². The van der Waals surface area contributed by atoms with Crippen LogP contribution in [-0.4, -0.2) is 21.3 Å². The van der Waals surface area contributed by atoms with Crippen molar-refractivity contribution in [1.82, 2.24) is 9.55 Å². The van der Waals surface area contributed by atoms with Gasteiger partial charge in [0.15, 0.2) is 5.78 Å². The van der Waals surface area contributed by atoms with Gasteiger partial charge in [0.25, 0.3) is 5.56 Å². The summed E-state index contributed by atoms with van der Waals surface area (Å²) in [7, 11) is 0. The lowest BCUT2D eigenvalue weighted by Crippen LogP contribution is -2.28. The third-order valence-corrected chi connectivity index (χ3v) is 5.26. The Hall–Kier alpha value is -2.18. The van der Waals surface area contributed by atoms with Gasteiger partial charge in [0.05, 0.1) is 10.9 Å². The number of hydrogen-bond acceptors (Lipinski definition) is 3. The largest absolute Gasteiger partial charge is 0.296 e. The Morgan fingerprint density at radius 2 is 2.00 bits per heavy atom. The lowest BCUT2D eigenvalue weighted by atomic mass is 9.84. The third kappa shape index (κ3) is 2.03. The van der Waals surface area contributed by atoms with E-state index in [9.17, 15) is 22.8 Å². The first-order valence-electron chi connectivity index (χ1n) is 7.86. The number of alkyl halides is 2. The van der Waals surface area contributed by atoms with Gasteiger partial charge in [-0.15, -0.1) is 0 Å². The van der Waals surface area contributed by atoms with Crippen LogP contribution in [0.25, 0.3) is 10.9 Å². The number of aromatic nitrogens is 2. The highest BCUT2D eigenvalue weighted by Crippen LogP contribution is 2.52. The molecule has 2 aliphatic rings. The minimum Gasteiger partial charge on any atom is -0.296 e. The highest BCUT2D eigenvalue weighted by molar-refractivity contribution is 6.05. The molecule has 1 aliphatic carbocycles. The van der Waals surface area contributed by atoms with Gasteiger partial charge in [-0.1, -0.05) is 0 Å². The molecular weight excluding hydrogens is 321 g/mol. The fraction of sp³-hybridized carbons (Fsp3) is 0.471. The van der Waals surface area contributed by atoms with E-state index in [-0.39, 0.29) is 35.7 Å². The van der Waals surface area contributed by atoms with E-state index in [1.165, 1.54) is 11.5 Å². The summed E-state index contributed by atoms with van der Waals surface area (Å²) in [6, 6.07) is 2.09. The summed E-state index contributed by atoms with van der Waals surface area (Å²) in [6.45, 7) is 1.55. The van der Waals surface area contributed by atoms with Gasteiger partial charge >= 0.3 is 0 Å². The number of ketones is 1. The van der Waals surface area contributed by atoms with Crippen molar-refractivity contribution in [2.75, 3.05) is 0 Å². The Labute approximate surface area is 135 Å². The van der Waals surface area contributed by atoms with Crippen LogP contribution in [0.4, 0.5) is 13.2 Å². The third-order valence-electron chi connectivity index (χ3n) is 5.26. The Bertz CT molecular complexity index is 951. The summed E-state index contributed by atoms with van der Waals surface area (Å²) in [5.41, 5.74) is -1.18. The number of carbonyl (C=O) groups is 1. The molecule has 4 nitrogen and oxygen atoms in total. The molecule has 1 fully saturated rings. The molecule has 0 bridgehead atoms. The van der Waals surface area contributed by atoms with Crippen molar-refractivity contribution in [1.29, 1.82) is 0 Å². The van der Waals surface area contributed by atoms with Gasteiger partial charge in [0.1, 0.15) is 11.6 Å². The zero-order valence-corrected chi connectivity index (χ0v) is 13.0. The number of Topliss-reactive ketones (excluding diaryl/α,β-unsaturated/α-hetero) is 1. The monoisotopic (exact) mass is 336 g/mol. The van der Waals surface area contributed by atoms with Crippen molar-refractivity contribution < 1.29 is 18.0 Å². The van der Waals surface area contributed by atoms with Gasteiger partial charge in [0.2, 0.25) is 5.92 Å². The molecule has 1 aromatic carbocycles. The summed E-state index contributed by atoms with van der Waals surface area (Å²) in [6.07, 6.45) is 0.103. The van der Waals surface area contributed by atoms with Gasteiger partial charge in [-0.25, -0.2) is 18.2 Å². The predicted octanol–water partition coefficient (Wildman–Crippen LogP) is 3.20. The van der Waals surface area contributed by atoms with Gasteiger partial charge in [-0.2, -0.15) is 0 Å². The zero-order valence-electron chi connectivity index (χ0n) is 13.0. The topological polar surface area (TPSA) is 52.0 Å². The van der Waals surface area contributed by atoms with Crippen LogP contribution in [0.5, 0.6) is 0 Å². The smallest absolute Gasteiger partial charge is 0.261 e. The van der Waals surface area contributed by atoms with E-state index < -0.39 is 28.5 Å². The van der Waals surface area contributed by atoms with Crippen LogP contribution < -0.4 is 5.56 Å². The first kappa shape index (κ1) is 15.4. The number of fused-ring (bicyclic) bond motifs is 3. The molecule has 1 aliphatic heterocycles. The lowest BCUT2D eigenvalue weighted by Gasteiger charge is -2.22. The lowest BCUT2D eigenvalue weighted by molar-refractivity contribution is 0.00242. The SMILES string of the molecule is CC(=O)c1cc(F)cc2c(=O)n3c(nc12)C1(CC3)CCC(F)(F)C1. The molecule has 0 saturated heterocycles. The average molecular weight is 336 g/mol. The van der Waals surface area contributed by atoms with Crippen molar-refractivity contribution >= 4 is 16.7 Å². The van der Waals surface area contributed by atoms with Crippen LogP contribution in [0.15, 0.2) is 16.9 Å². The maximum Gasteiger partial charge on any atom is 0.261 e. The van der Waals surface area contributed by atoms with Crippen LogP contribution in [0.1, 0.15) is 48.8 Å².